The smallest absolute Gasteiger partial charge is 0.241 e. The third kappa shape index (κ3) is 3.73. The zero-order valence-corrected chi connectivity index (χ0v) is 15.8. The first-order chi connectivity index (χ1) is 13.1. The van der Waals surface area contributed by atoms with Gasteiger partial charge in [0.25, 0.3) is 0 Å². The maximum Gasteiger partial charge on any atom is 0.241 e. The van der Waals surface area contributed by atoms with Crippen LogP contribution in [0, 0.1) is 6.92 Å². The Bertz CT molecular complexity index is 828. The summed E-state index contributed by atoms with van der Waals surface area (Å²) in [5.41, 5.74) is 2.46. The van der Waals surface area contributed by atoms with Crippen LogP contribution in [0.5, 0.6) is 0 Å². The van der Waals surface area contributed by atoms with Gasteiger partial charge in [0.05, 0.1) is 13.2 Å². The molecule has 2 aliphatic rings. The van der Waals surface area contributed by atoms with Crippen molar-refractivity contribution in [1.29, 1.82) is 0 Å². The van der Waals surface area contributed by atoms with Gasteiger partial charge in [0, 0.05) is 39.3 Å². The Balaban J connectivity index is 1.52. The Morgan fingerprint density at radius 1 is 1.07 bits per heavy atom. The molecule has 27 heavy (non-hydrogen) atoms. The first-order valence-corrected chi connectivity index (χ1v) is 9.35. The zero-order chi connectivity index (χ0) is 18.8. The molecule has 2 aromatic rings. The van der Waals surface area contributed by atoms with Gasteiger partial charge in [-0.2, -0.15) is 0 Å². The van der Waals surface area contributed by atoms with E-state index >= 15 is 0 Å². The Kier molecular flexibility index (Phi) is 4.94. The van der Waals surface area contributed by atoms with Crippen LogP contribution in [0.15, 0.2) is 36.7 Å². The molecule has 0 N–H and O–H groups in total. The number of nitrogens with zero attached hydrogens (tertiary/aromatic N) is 5. The van der Waals surface area contributed by atoms with Crippen molar-refractivity contribution < 1.29 is 9.53 Å². The summed E-state index contributed by atoms with van der Waals surface area (Å²) >= 11 is 0. The van der Waals surface area contributed by atoms with Crippen LogP contribution in [0.3, 0.4) is 0 Å². The number of carbonyl (C=O) groups excluding carboxylic acids is 1. The first kappa shape index (κ1) is 17.7. The normalized spacial score (nSPS) is 20.9. The molecule has 0 saturated carbocycles. The lowest BCUT2D eigenvalue weighted by Crippen LogP contribution is -2.49. The monoisotopic (exact) mass is 367 g/mol. The van der Waals surface area contributed by atoms with Crippen LogP contribution in [0.1, 0.15) is 17.2 Å². The number of hydrogen-bond acceptors (Lipinski definition) is 6. The molecule has 0 bridgehead atoms. The number of ether oxygens (including phenoxy) is 1. The molecule has 1 amide bonds. The molecule has 7 heteroatoms. The number of benzene rings is 1. The summed E-state index contributed by atoms with van der Waals surface area (Å²) in [6, 6.07) is 10.3. The molecule has 0 aliphatic carbocycles. The lowest BCUT2D eigenvalue weighted by molar-refractivity contribution is -0.129. The third-order valence-electron chi connectivity index (χ3n) is 5.35. The number of hydrogen-bond donors (Lipinski definition) is 0. The van der Waals surface area contributed by atoms with Gasteiger partial charge >= 0.3 is 0 Å². The van der Waals surface area contributed by atoms with E-state index in [4.69, 9.17) is 4.74 Å². The molecule has 2 aliphatic heterocycles. The van der Waals surface area contributed by atoms with Gasteiger partial charge in [0.1, 0.15) is 24.1 Å². The van der Waals surface area contributed by atoms with E-state index in [-0.39, 0.29) is 12.0 Å². The predicted octanol–water partition coefficient (Wildman–Crippen LogP) is 1.64. The van der Waals surface area contributed by atoms with Gasteiger partial charge in [0.15, 0.2) is 0 Å². The number of morpholine rings is 1. The van der Waals surface area contributed by atoms with E-state index in [1.165, 1.54) is 11.1 Å². The maximum atomic E-state index is 12.0. The molecule has 1 unspecified atom stereocenters. The molecule has 1 atom stereocenters. The molecule has 1 aromatic carbocycles. The highest BCUT2D eigenvalue weighted by Crippen LogP contribution is 2.28. The quantitative estimate of drug-likeness (QED) is 0.822. The van der Waals surface area contributed by atoms with Crippen LogP contribution >= 0.6 is 0 Å². The molecule has 1 aromatic heterocycles. The minimum atomic E-state index is 0.0311. The molecule has 0 spiro atoms. The SMILES string of the molecule is Cc1ccccc1C1CN(c2cc(N3CCN(C)C(=O)C3)ncn2)CCO1. The van der Waals surface area contributed by atoms with E-state index in [1.54, 1.807) is 11.2 Å². The Hall–Kier alpha value is -2.67. The Labute approximate surface area is 159 Å². The number of likely N-dealkylation sites (N-methyl/N-ethyl adjacent to an activating group) is 1. The molecule has 142 valence electrons. The van der Waals surface area contributed by atoms with Crippen LogP contribution in [0.2, 0.25) is 0 Å². The average molecular weight is 367 g/mol. The van der Waals surface area contributed by atoms with Crippen LogP contribution in [0.4, 0.5) is 11.6 Å². The van der Waals surface area contributed by atoms with Gasteiger partial charge in [0.2, 0.25) is 5.91 Å². The summed E-state index contributed by atoms with van der Waals surface area (Å²) in [6.45, 7) is 6.18. The highest BCUT2D eigenvalue weighted by Gasteiger charge is 2.26. The fraction of sp³-hybridized carbons (Fsp3) is 0.450. The number of amides is 1. The van der Waals surface area contributed by atoms with Gasteiger partial charge in [-0.3, -0.25) is 4.79 Å². The molecule has 7 nitrogen and oxygen atoms in total. The fourth-order valence-corrected chi connectivity index (χ4v) is 3.63. The van der Waals surface area contributed by atoms with Gasteiger partial charge in [-0.1, -0.05) is 24.3 Å². The van der Waals surface area contributed by atoms with E-state index in [0.29, 0.717) is 19.7 Å². The average Bonchev–Trinajstić information content (AvgIpc) is 2.71. The van der Waals surface area contributed by atoms with Crippen molar-refractivity contribution in [3.8, 4) is 0 Å². The second kappa shape index (κ2) is 7.52. The summed E-state index contributed by atoms with van der Waals surface area (Å²) in [7, 11) is 1.84. The van der Waals surface area contributed by atoms with Crippen LogP contribution in [-0.2, 0) is 9.53 Å². The van der Waals surface area contributed by atoms with Crippen molar-refractivity contribution in [3.63, 3.8) is 0 Å². The van der Waals surface area contributed by atoms with Gasteiger partial charge in [-0.15, -0.1) is 0 Å². The van der Waals surface area contributed by atoms with Crippen molar-refractivity contribution in [2.75, 3.05) is 56.2 Å². The van der Waals surface area contributed by atoms with E-state index in [2.05, 4.69) is 40.0 Å². The molecular weight excluding hydrogens is 342 g/mol. The van der Waals surface area contributed by atoms with Crippen molar-refractivity contribution in [2.24, 2.45) is 0 Å². The molecule has 2 fully saturated rings. The second-order valence-corrected chi connectivity index (χ2v) is 7.13. The largest absolute Gasteiger partial charge is 0.370 e. The minimum absolute atomic E-state index is 0.0311. The van der Waals surface area contributed by atoms with Crippen molar-refractivity contribution in [1.82, 2.24) is 14.9 Å². The summed E-state index contributed by atoms with van der Waals surface area (Å²) < 4.78 is 6.02. The van der Waals surface area contributed by atoms with Crippen molar-refractivity contribution >= 4 is 17.5 Å². The number of piperazine rings is 1. The third-order valence-corrected chi connectivity index (χ3v) is 5.35. The first-order valence-electron chi connectivity index (χ1n) is 9.35. The van der Waals surface area contributed by atoms with Crippen LogP contribution in [-0.4, -0.2) is 67.2 Å². The highest BCUT2D eigenvalue weighted by molar-refractivity contribution is 5.82. The number of rotatable bonds is 3. The van der Waals surface area contributed by atoms with Gasteiger partial charge in [-0.05, 0) is 18.1 Å². The molecule has 3 heterocycles. The molecule has 0 radical (unpaired) electrons. The number of anilines is 2. The highest BCUT2D eigenvalue weighted by atomic mass is 16.5. The Morgan fingerprint density at radius 3 is 2.63 bits per heavy atom. The molecule has 4 rings (SSSR count). The maximum absolute atomic E-state index is 12.0. The minimum Gasteiger partial charge on any atom is -0.370 e. The van der Waals surface area contributed by atoms with E-state index in [0.717, 1.165) is 31.3 Å². The summed E-state index contributed by atoms with van der Waals surface area (Å²) in [5.74, 6) is 1.81. The summed E-state index contributed by atoms with van der Waals surface area (Å²) in [4.78, 5) is 26.9. The number of aromatic nitrogens is 2. The van der Waals surface area contributed by atoms with Crippen LogP contribution in [0.25, 0.3) is 0 Å². The standard InChI is InChI=1S/C20H25N5O2/c1-15-5-3-4-6-16(15)17-12-25(9-10-27-17)19-11-18(21-14-22-19)24-8-7-23(2)20(26)13-24/h3-6,11,14,17H,7-10,12-13H2,1-2H3. The van der Waals surface area contributed by atoms with Crippen molar-refractivity contribution in [2.45, 2.75) is 13.0 Å². The van der Waals surface area contributed by atoms with E-state index in [1.807, 2.05) is 24.1 Å². The predicted molar refractivity (Wildman–Crippen MR) is 104 cm³/mol. The summed E-state index contributed by atoms with van der Waals surface area (Å²) in [6.07, 6.45) is 1.62. The van der Waals surface area contributed by atoms with Gasteiger partial charge < -0.3 is 19.4 Å². The lowest BCUT2D eigenvalue weighted by Gasteiger charge is -2.36. The topological polar surface area (TPSA) is 61.8 Å². The second-order valence-electron chi connectivity index (χ2n) is 7.13. The van der Waals surface area contributed by atoms with E-state index in [9.17, 15) is 4.79 Å². The van der Waals surface area contributed by atoms with E-state index < -0.39 is 0 Å². The number of aryl methyl sites for hydroxylation is 1. The van der Waals surface area contributed by atoms with Gasteiger partial charge in [-0.25, -0.2) is 9.97 Å². The fourth-order valence-electron chi connectivity index (χ4n) is 3.63. The molecular formula is C20H25N5O2. The lowest BCUT2D eigenvalue weighted by atomic mass is 10.0. The Morgan fingerprint density at radius 2 is 1.85 bits per heavy atom. The number of carbonyl (C=O) groups is 1. The summed E-state index contributed by atoms with van der Waals surface area (Å²) in [5, 5.41) is 0. The van der Waals surface area contributed by atoms with Crippen molar-refractivity contribution in [3.05, 3.63) is 47.8 Å². The molecule has 2 saturated heterocycles. The van der Waals surface area contributed by atoms with Crippen LogP contribution < -0.4 is 9.80 Å². The zero-order valence-electron chi connectivity index (χ0n) is 15.8.